The maximum absolute atomic E-state index is 12.5. The van der Waals surface area contributed by atoms with E-state index in [-0.39, 0.29) is 4.90 Å². The minimum absolute atomic E-state index is 0.0214. The number of hydrogen-bond donors (Lipinski definition) is 3. The van der Waals surface area contributed by atoms with Crippen LogP contribution in [0.15, 0.2) is 83.8 Å². The van der Waals surface area contributed by atoms with Crippen LogP contribution in [0.5, 0.6) is 0 Å². The third-order valence-corrected chi connectivity index (χ3v) is 5.62. The number of rotatable bonds is 5. The van der Waals surface area contributed by atoms with Gasteiger partial charge in [-0.1, -0.05) is 36.4 Å². The van der Waals surface area contributed by atoms with Gasteiger partial charge in [0.1, 0.15) is 0 Å². The van der Waals surface area contributed by atoms with E-state index in [0.29, 0.717) is 21.9 Å². The van der Waals surface area contributed by atoms with Gasteiger partial charge in [0.05, 0.1) is 4.90 Å². The molecular weight excluding hydrogens is 406 g/mol. The summed E-state index contributed by atoms with van der Waals surface area (Å²) in [5.74, 6) is -0.668. The summed E-state index contributed by atoms with van der Waals surface area (Å²) < 4.78 is 27.1. The van der Waals surface area contributed by atoms with Crippen molar-refractivity contribution in [1.29, 1.82) is 0 Å². The maximum atomic E-state index is 12.5. The van der Waals surface area contributed by atoms with E-state index in [2.05, 4.69) is 15.4 Å². The van der Waals surface area contributed by atoms with Crippen molar-refractivity contribution in [3.05, 3.63) is 90.0 Å². The van der Waals surface area contributed by atoms with E-state index in [0.717, 1.165) is 5.69 Å². The smallest absolute Gasteiger partial charge is 0.265 e. The van der Waals surface area contributed by atoms with E-state index >= 15 is 0 Å². The molecule has 0 bridgehead atoms. The van der Waals surface area contributed by atoms with Crippen LogP contribution < -0.4 is 15.4 Å². The number of para-hydroxylation sites is 1. The van der Waals surface area contributed by atoms with Crippen molar-refractivity contribution in [2.75, 3.05) is 10.6 Å². The minimum Gasteiger partial charge on any atom is -0.332 e. The fourth-order valence-corrected chi connectivity index (χ4v) is 3.80. The van der Waals surface area contributed by atoms with Crippen LogP contribution in [-0.2, 0) is 10.0 Å². The van der Waals surface area contributed by atoms with Gasteiger partial charge in [-0.15, -0.1) is 0 Å². The molecular formula is C21H19N3O3S2. The van der Waals surface area contributed by atoms with Crippen molar-refractivity contribution in [2.24, 2.45) is 0 Å². The predicted octanol–water partition coefficient (Wildman–Crippen LogP) is 3.92. The molecule has 0 aliphatic carbocycles. The second-order valence-corrected chi connectivity index (χ2v) is 8.31. The number of aryl methyl sites for hydroxylation is 1. The van der Waals surface area contributed by atoms with Gasteiger partial charge in [-0.2, -0.15) is 0 Å². The van der Waals surface area contributed by atoms with Gasteiger partial charge in [-0.3, -0.25) is 4.79 Å². The Balaban J connectivity index is 1.66. The molecule has 0 spiro atoms. The average molecular weight is 426 g/mol. The number of benzene rings is 3. The lowest BCUT2D eigenvalue weighted by Crippen LogP contribution is -2.31. The number of amides is 1. The average Bonchev–Trinajstić information content (AvgIpc) is 2.69. The zero-order chi connectivity index (χ0) is 20.9. The van der Waals surface area contributed by atoms with Gasteiger partial charge < -0.3 is 10.6 Å². The predicted molar refractivity (Wildman–Crippen MR) is 119 cm³/mol. The summed E-state index contributed by atoms with van der Waals surface area (Å²) in [6.07, 6.45) is 0. The Morgan fingerprint density at radius 1 is 0.793 bits per heavy atom. The van der Waals surface area contributed by atoms with Gasteiger partial charge in [-0.05, 0) is 67.2 Å². The normalized spacial score (nSPS) is 10.8. The largest absolute Gasteiger partial charge is 0.332 e. The Hall–Kier alpha value is -3.23. The van der Waals surface area contributed by atoms with Crippen LogP contribution in [-0.4, -0.2) is 19.4 Å². The highest BCUT2D eigenvalue weighted by atomic mass is 32.2. The quantitative estimate of drug-likeness (QED) is 0.537. The van der Waals surface area contributed by atoms with Crippen molar-refractivity contribution < 1.29 is 13.2 Å². The van der Waals surface area contributed by atoms with E-state index in [1.54, 1.807) is 43.3 Å². The van der Waals surface area contributed by atoms with Crippen molar-refractivity contribution >= 4 is 44.6 Å². The molecule has 0 aromatic heterocycles. The number of sulfonamides is 1. The van der Waals surface area contributed by atoms with E-state index in [9.17, 15) is 13.2 Å². The summed E-state index contributed by atoms with van der Waals surface area (Å²) in [6, 6.07) is 22.2. The molecule has 0 unspecified atom stereocenters. The summed E-state index contributed by atoms with van der Waals surface area (Å²) in [6.45, 7) is 1.74. The van der Waals surface area contributed by atoms with Gasteiger partial charge >= 0.3 is 0 Å². The number of thiocarbonyl (C=S) groups is 1. The summed E-state index contributed by atoms with van der Waals surface area (Å²) in [5, 5.41) is 6.39. The highest BCUT2D eigenvalue weighted by Crippen LogP contribution is 2.16. The van der Waals surface area contributed by atoms with E-state index in [1.807, 2.05) is 30.3 Å². The van der Waals surface area contributed by atoms with Crippen LogP contribution >= 0.6 is 12.2 Å². The van der Waals surface area contributed by atoms with Gasteiger partial charge in [0.15, 0.2) is 5.11 Å². The number of hydrogen-bond acceptors (Lipinski definition) is 4. The molecule has 6 nitrogen and oxygen atoms in total. The molecule has 0 atom stereocenters. The van der Waals surface area contributed by atoms with Gasteiger partial charge in [0.25, 0.3) is 15.9 Å². The second kappa shape index (κ2) is 8.85. The van der Waals surface area contributed by atoms with Gasteiger partial charge in [0, 0.05) is 16.9 Å². The monoisotopic (exact) mass is 425 g/mol. The molecule has 3 aromatic carbocycles. The molecule has 148 valence electrons. The minimum atomic E-state index is -3.99. The van der Waals surface area contributed by atoms with Crippen LogP contribution in [0.2, 0.25) is 0 Å². The highest BCUT2D eigenvalue weighted by Gasteiger charge is 2.19. The molecule has 3 N–H and O–H groups in total. The Bertz CT molecular complexity index is 1130. The van der Waals surface area contributed by atoms with E-state index in [1.165, 1.54) is 12.1 Å². The molecule has 0 heterocycles. The van der Waals surface area contributed by atoms with Crippen LogP contribution in [0.4, 0.5) is 11.4 Å². The zero-order valence-corrected chi connectivity index (χ0v) is 17.2. The molecule has 0 aliphatic heterocycles. The third-order valence-electron chi connectivity index (χ3n) is 4.07. The van der Waals surface area contributed by atoms with E-state index < -0.39 is 15.9 Å². The first-order chi connectivity index (χ1) is 13.8. The molecule has 1 amide bonds. The lowest BCUT2D eigenvalue weighted by Gasteiger charge is -2.12. The van der Waals surface area contributed by atoms with Crippen LogP contribution in [0.3, 0.4) is 0 Å². The molecule has 8 heteroatoms. The molecule has 0 saturated carbocycles. The molecule has 0 aliphatic rings. The van der Waals surface area contributed by atoms with Crippen LogP contribution in [0, 0.1) is 6.92 Å². The topological polar surface area (TPSA) is 87.3 Å². The van der Waals surface area contributed by atoms with Crippen LogP contribution in [0.1, 0.15) is 15.9 Å². The molecule has 29 heavy (non-hydrogen) atoms. The summed E-state index contributed by atoms with van der Waals surface area (Å²) >= 11 is 5.25. The summed E-state index contributed by atoms with van der Waals surface area (Å²) in [4.78, 5) is 12.3. The second-order valence-electron chi connectivity index (χ2n) is 6.22. The number of anilines is 2. The van der Waals surface area contributed by atoms with Crippen molar-refractivity contribution in [3.63, 3.8) is 0 Å². The highest BCUT2D eigenvalue weighted by molar-refractivity contribution is 7.90. The molecule has 0 radical (unpaired) electrons. The Labute approximate surface area is 175 Å². The van der Waals surface area contributed by atoms with Crippen LogP contribution in [0.25, 0.3) is 0 Å². The van der Waals surface area contributed by atoms with Crippen molar-refractivity contribution in [3.8, 4) is 0 Å². The number of carbonyl (C=O) groups is 1. The molecule has 3 aromatic rings. The lowest BCUT2D eigenvalue weighted by atomic mass is 10.1. The van der Waals surface area contributed by atoms with E-state index in [4.69, 9.17) is 12.2 Å². The first kappa shape index (κ1) is 20.5. The first-order valence-electron chi connectivity index (χ1n) is 8.71. The standard InChI is InChI=1S/C21H19N3O3S2/c1-15-7-5-6-10-19(15)20(25)24-29(26,27)18-13-11-17(12-14-18)23-21(28)22-16-8-3-2-4-9-16/h2-14H,1H3,(H,24,25)(H2,22,23,28). The third kappa shape index (κ3) is 5.40. The number of carbonyl (C=O) groups excluding carboxylic acids is 1. The first-order valence-corrected chi connectivity index (χ1v) is 10.6. The lowest BCUT2D eigenvalue weighted by molar-refractivity contribution is 0.0981. The van der Waals surface area contributed by atoms with Crippen molar-refractivity contribution in [2.45, 2.75) is 11.8 Å². The summed E-state index contributed by atoms with van der Waals surface area (Å²) in [7, 11) is -3.99. The Morgan fingerprint density at radius 3 is 1.97 bits per heavy atom. The fourth-order valence-electron chi connectivity index (χ4n) is 2.60. The van der Waals surface area contributed by atoms with Gasteiger partial charge in [-0.25, -0.2) is 13.1 Å². The summed E-state index contributed by atoms with van der Waals surface area (Å²) in [5.41, 5.74) is 2.46. The number of nitrogens with one attached hydrogen (secondary N) is 3. The fraction of sp³-hybridized carbons (Fsp3) is 0.0476. The molecule has 3 rings (SSSR count). The maximum Gasteiger partial charge on any atom is 0.265 e. The van der Waals surface area contributed by atoms with Crippen molar-refractivity contribution in [1.82, 2.24) is 4.72 Å². The zero-order valence-electron chi connectivity index (χ0n) is 15.5. The molecule has 0 fully saturated rings. The van der Waals surface area contributed by atoms with Gasteiger partial charge in [0.2, 0.25) is 0 Å². The SMILES string of the molecule is Cc1ccccc1C(=O)NS(=O)(=O)c1ccc(NC(=S)Nc2ccccc2)cc1. The molecule has 0 saturated heterocycles. The Kier molecular flexibility index (Phi) is 6.26. The Morgan fingerprint density at radius 2 is 1.34 bits per heavy atom.